The third-order valence-electron chi connectivity index (χ3n) is 2.64. The Labute approximate surface area is 117 Å². The van der Waals surface area contributed by atoms with Crippen molar-refractivity contribution in [2.75, 3.05) is 32.6 Å². The van der Waals surface area contributed by atoms with E-state index in [1.54, 1.807) is 21.1 Å². The number of hydrogen-bond acceptors (Lipinski definition) is 6. The van der Waals surface area contributed by atoms with Crippen molar-refractivity contribution in [3.63, 3.8) is 0 Å². The maximum absolute atomic E-state index is 11.8. The standard InChI is InChI=1S/C12H20N4O4/c1-8-10(13)11(16(2)15-8)12(18)20-7-9(17)14-5-4-6-19-3/h4-7,13H2,1-3H3,(H,14,17). The minimum Gasteiger partial charge on any atom is -0.451 e. The highest BCUT2D eigenvalue weighted by molar-refractivity contribution is 5.95. The Hall–Kier alpha value is -2.09. The molecule has 112 valence electrons. The molecule has 1 amide bonds. The van der Waals surface area contributed by atoms with Crippen molar-refractivity contribution < 1.29 is 19.1 Å². The van der Waals surface area contributed by atoms with Crippen LogP contribution in [0.1, 0.15) is 22.6 Å². The number of nitrogen functional groups attached to an aromatic ring is 1. The number of amides is 1. The summed E-state index contributed by atoms with van der Waals surface area (Å²) in [4.78, 5) is 23.3. The van der Waals surface area contributed by atoms with E-state index in [0.717, 1.165) is 0 Å². The predicted octanol–water partition coefficient (Wildman–Crippen LogP) is -0.380. The summed E-state index contributed by atoms with van der Waals surface area (Å²) in [6.07, 6.45) is 0.698. The molecule has 0 saturated carbocycles. The van der Waals surface area contributed by atoms with E-state index in [0.29, 0.717) is 25.3 Å². The summed E-state index contributed by atoms with van der Waals surface area (Å²) in [5, 5.41) is 6.61. The number of nitrogens with one attached hydrogen (secondary N) is 1. The van der Waals surface area contributed by atoms with E-state index < -0.39 is 5.97 Å². The highest BCUT2D eigenvalue weighted by atomic mass is 16.5. The molecule has 8 heteroatoms. The second kappa shape index (κ2) is 7.49. The maximum Gasteiger partial charge on any atom is 0.359 e. The summed E-state index contributed by atoms with van der Waals surface area (Å²) in [5.41, 5.74) is 6.68. The number of nitrogens with zero attached hydrogens (tertiary/aromatic N) is 2. The molecule has 0 aliphatic carbocycles. The van der Waals surface area contributed by atoms with Crippen molar-refractivity contribution in [3.8, 4) is 0 Å². The Morgan fingerprint density at radius 3 is 2.70 bits per heavy atom. The molecule has 0 saturated heterocycles. The number of aryl methyl sites for hydroxylation is 2. The van der Waals surface area contributed by atoms with Crippen LogP contribution in [0, 0.1) is 6.92 Å². The zero-order valence-corrected chi connectivity index (χ0v) is 11.9. The normalized spacial score (nSPS) is 10.3. The van der Waals surface area contributed by atoms with E-state index in [1.165, 1.54) is 4.68 Å². The van der Waals surface area contributed by atoms with Crippen molar-refractivity contribution >= 4 is 17.6 Å². The number of aromatic nitrogens is 2. The molecule has 0 spiro atoms. The van der Waals surface area contributed by atoms with Crippen LogP contribution in [0.25, 0.3) is 0 Å². The molecule has 0 bridgehead atoms. The SMILES string of the molecule is COCCCNC(=O)COC(=O)c1c(N)c(C)nn1C. The second-order valence-corrected chi connectivity index (χ2v) is 4.24. The van der Waals surface area contributed by atoms with Gasteiger partial charge in [-0.3, -0.25) is 9.48 Å². The molecule has 0 fully saturated rings. The lowest BCUT2D eigenvalue weighted by atomic mass is 10.3. The van der Waals surface area contributed by atoms with Crippen LogP contribution in [0.15, 0.2) is 0 Å². The molecule has 0 aromatic carbocycles. The fourth-order valence-corrected chi connectivity index (χ4v) is 1.61. The van der Waals surface area contributed by atoms with E-state index in [-0.39, 0.29) is 23.9 Å². The monoisotopic (exact) mass is 284 g/mol. The van der Waals surface area contributed by atoms with E-state index in [4.69, 9.17) is 15.2 Å². The summed E-state index contributed by atoms with van der Waals surface area (Å²) >= 11 is 0. The largest absolute Gasteiger partial charge is 0.451 e. The quantitative estimate of drug-likeness (QED) is 0.522. The van der Waals surface area contributed by atoms with Gasteiger partial charge in [-0.15, -0.1) is 0 Å². The Kier molecular flexibility index (Phi) is 5.98. The molecule has 1 aromatic heterocycles. The molecule has 8 nitrogen and oxygen atoms in total. The Bertz CT molecular complexity index is 484. The first-order valence-electron chi connectivity index (χ1n) is 6.19. The van der Waals surface area contributed by atoms with Gasteiger partial charge in [0.1, 0.15) is 0 Å². The number of hydrogen-bond donors (Lipinski definition) is 2. The van der Waals surface area contributed by atoms with Gasteiger partial charge in [0.15, 0.2) is 12.3 Å². The zero-order chi connectivity index (χ0) is 15.1. The van der Waals surface area contributed by atoms with Crippen molar-refractivity contribution in [2.24, 2.45) is 7.05 Å². The van der Waals surface area contributed by atoms with Crippen molar-refractivity contribution in [1.82, 2.24) is 15.1 Å². The first-order chi connectivity index (χ1) is 9.47. The number of ether oxygens (including phenoxy) is 2. The number of methoxy groups -OCH3 is 1. The smallest absolute Gasteiger partial charge is 0.359 e. The molecule has 0 aliphatic rings. The molecular formula is C12H20N4O4. The van der Waals surface area contributed by atoms with Gasteiger partial charge in [-0.1, -0.05) is 0 Å². The lowest BCUT2D eigenvalue weighted by Crippen LogP contribution is -2.30. The molecular weight excluding hydrogens is 264 g/mol. The van der Waals surface area contributed by atoms with Gasteiger partial charge < -0.3 is 20.5 Å². The van der Waals surface area contributed by atoms with Gasteiger partial charge in [0, 0.05) is 27.3 Å². The molecule has 1 aromatic rings. The predicted molar refractivity (Wildman–Crippen MR) is 72.1 cm³/mol. The molecule has 1 rings (SSSR count). The van der Waals surface area contributed by atoms with Crippen molar-refractivity contribution in [2.45, 2.75) is 13.3 Å². The van der Waals surface area contributed by atoms with Crippen LogP contribution >= 0.6 is 0 Å². The summed E-state index contributed by atoms with van der Waals surface area (Å²) < 4.78 is 11.1. The van der Waals surface area contributed by atoms with Gasteiger partial charge in [-0.2, -0.15) is 5.10 Å². The van der Waals surface area contributed by atoms with E-state index >= 15 is 0 Å². The van der Waals surface area contributed by atoms with Crippen LogP contribution in [0.4, 0.5) is 5.69 Å². The summed E-state index contributed by atoms with van der Waals surface area (Å²) in [6.45, 7) is 2.37. The molecule has 0 radical (unpaired) electrons. The van der Waals surface area contributed by atoms with Gasteiger partial charge in [-0.25, -0.2) is 4.79 Å². The van der Waals surface area contributed by atoms with Crippen molar-refractivity contribution in [3.05, 3.63) is 11.4 Å². The summed E-state index contributed by atoms with van der Waals surface area (Å²) in [7, 11) is 3.18. The number of carbonyl (C=O) groups is 2. The van der Waals surface area contributed by atoms with Crippen LogP contribution < -0.4 is 11.1 Å². The molecule has 0 atom stereocenters. The lowest BCUT2D eigenvalue weighted by Gasteiger charge is -2.07. The lowest BCUT2D eigenvalue weighted by molar-refractivity contribution is -0.124. The van der Waals surface area contributed by atoms with Crippen LogP contribution in [0.2, 0.25) is 0 Å². The first-order valence-corrected chi connectivity index (χ1v) is 6.19. The Morgan fingerprint density at radius 2 is 2.15 bits per heavy atom. The number of esters is 1. The van der Waals surface area contributed by atoms with Gasteiger partial charge in [-0.05, 0) is 13.3 Å². The third kappa shape index (κ3) is 4.23. The van der Waals surface area contributed by atoms with E-state index in [1.807, 2.05) is 0 Å². The molecule has 20 heavy (non-hydrogen) atoms. The van der Waals surface area contributed by atoms with E-state index in [2.05, 4.69) is 10.4 Å². The van der Waals surface area contributed by atoms with Gasteiger partial charge in [0.05, 0.1) is 11.4 Å². The van der Waals surface area contributed by atoms with Gasteiger partial charge in [0.25, 0.3) is 5.91 Å². The zero-order valence-electron chi connectivity index (χ0n) is 11.9. The first kappa shape index (κ1) is 16.0. The Balaban J connectivity index is 2.41. The number of carbonyl (C=O) groups excluding carboxylic acids is 2. The Morgan fingerprint density at radius 1 is 1.45 bits per heavy atom. The average molecular weight is 284 g/mol. The third-order valence-corrected chi connectivity index (χ3v) is 2.64. The number of rotatable bonds is 7. The highest BCUT2D eigenvalue weighted by Gasteiger charge is 2.20. The van der Waals surface area contributed by atoms with Crippen LogP contribution in [-0.4, -0.2) is 48.5 Å². The van der Waals surface area contributed by atoms with Crippen LogP contribution in [0.3, 0.4) is 0 Å². The van der Waals surface area contributed by atoms with E-state index in [9.17, 15) is 9.59 Å². The fraction of sp³-hybridized carbons (Fsp3) is 0.583. The number of nitrogens with two attached hydrogens (primary N) is 1. The highest BCUT2D eigenvalue weighted by Crippen LogP contribution is 2.15. The van der Waals surface area contributed by atoms with Crippen molar-refractivity contribution in [1.29, 1.82) is 0 Å². The fourth-order valence-electron chi connectivity index (χ4n) is 1.61. The molecule has 3 N–H and O–H groups in total. The summed E-state index contributed by atoms with van der Waals surface area (Å²) in [5.74, 6) is -1.04. The van der Waals surface area contributed by atoms with Crippen LogP contribution in [-0.2, 0) is 21.3 Å². The average Bonchev–Trinajstić information content (AvgIpc) is 2.66. The molecule has 0 aliphatic heterocycles. The topological polar surface area (TPSA) is 108 Å². The second-order valence-electron chi connectivity index (χ2n) is 4.24. The molecule has 0 unspecified atom stereocenters. The minimum absolute atomic E-state index is 0.148. The maximum atomic E-state index is 11.8. The number of anilines is 1. The summed E-state index contributed by atoms with van der Waals surface area (Å²) in [6, 6.07) is 0. The molecule has 1 heterocycles. The van der Waals surface area contributed by atoms with Gasteiger partial charge in [0.2, 0.25) is 0 Å². The van der Waals surface area contributed by atoms with Crippen LogP contribution in [0.5, 0.6) is 0 Å². The van der Waals surface area contributed by atoms with Gasteiger partial charge >= 0.3 is 5.97 Å². The minimum atomic E-state index is -0.669.